The van der Waals surface area contributed by atoms with Gasteiger partial charge in [-0.15, -0.1) is 0 Å². The van der Waals surface area contributed by atoms with Gasteiger partial charge in [0.1, 0.15) is 11.9 Å². The van der Waals surface area contributed by atoms with Gasteiger partial charge in [-0.3, -0.25) is 9.59 Å². The highest BCUT2D eigenvalue weighted by molar-refractivity contribution is 5.90. The number of carbonyl (C=O) groups is 2. The van der Waals surface area contributed by atoms with Crippen LogP contribution in [-0.2, 0) is 14.3 Å². The van der Waals surface area contributed by atoms with Gasteiger partial charge < -0.3 is 15.4 Å². The Morgan fingerprint density at radius 2 is 2.24 bits per heavy atom. The summed E-state index contributed by atoms with van der Waals surface area (Å²) in [5.41, 5.74) is 0. The summed E-state index contributed by atoms with van der Waals surface area (Å²) < 4.78 is 5.46. The lowest BCUT2D eigenvalue weighted by atomic mass is 10.3. The Hall–Kier alpha value is -1.95. The van der Waals surface area contributed by atoms with Crippen molar-refractivity contribution in [3.05, 3.63) is 24.4 Å². The molecule has 0 saturated heterocycles. The van der Waals surface area contributed by atoms with E-state index in [4.69, 9.17) is 4.74 Å². The van der Waals surface area contributed by atoms with Gasteiger partial charge in [0.25, 0.3) is 0 Å². The molecule has 1 fully saturated rings. The van der Waals surface area contributed by atoms with Gasteiger partial charge in [0.05, 0.1) is 6.61 Å². The van der Waals surface area contributed by atoms with E-state index in [1.807, 2.05) is 0 Å². The minimum Gasteiger partial charge on any atom is -0.368 e. The predicted octanol–water partition coefficient (Wildman–Crippen LogP) is 1.34. The molecule has 6 heteroatoms. The molecule has 1 aliphatic carbocycles. The van der Waals surface area contributed by atoms with E-state index in [0.717, 1.165) is 0 Å². The zero-order valence-electron chi connectivity index (χ0n) is 12.2. The number of nitrogens with zero attached hydrogens (tertiary/aromatic N) is 1. The Kier molecular flexibility index (Phi) is 5.68. The molecule has 1 saturated carbocycles. The van der Waals surface area contributed by atoms with Crippen LogP contribution < -0.4 is 10.6 Å². The summed E-state index contributed by atoms with van der Waals surface area (Å²) in [4.78, 5) is 27.4. The van der Waals surface area contributed by atoms with Crippen molar-refractivity contribution in [1.82, 2.24) is 10.3 Å². The molecule has 1 aliphatic rings. The number of hydrogen-bond donors (Lipinski definition) is 2. The van der Waals surface area contributed by atoms with Crippen LogP contribution in [0.4, 0.5) is 5.82 Å². The lowest BCUT2D eigenvalue weighted by Crippen LogP contribution is -2.36. The Balaban J connectivity index is 1.59. The first-order chi connectivity index (χ1) is 10.1. The molecule has 1 atom stereocenters. The lowest BCUT2D eigenvalue weighted by Gasteiger charge is -2.13. The molecule has 0 spiro atoms. The monoisotopic (exact) mass is 291 g/mol. The van der Waals surface area contributed by atoms with Crippen molar-refractivity contribution >= 4 is 17.6 Å². The molecule has 114 valence electrons. The molecule has 2 rings (SSSR count). The number of ether oxygens (including phenoxy) is 1. The van der Waals surface area contributed by atoms with E-state index in [2.05, 4.69) is 15.6 Å². The van der Waals surface area contributed by atoms with Gasteiger partial charge in [-0.1, -0.05) is 6.07 Å². The van der Waals surface area contributed by atoms with E-state index in [1.165, 1.54) is 12.8 Å². The molecule has 1 aromatic rings. The molecule has 6 nitrogen and oxygen atoms in total. The summed E-state index contributed by atoms with van der Waals surface area (Å²) in [5, 5.41) is 5.36. The van der Waals surface area contributed by atoms with Gasteiger partial charge in [0.2, 0.25) is 11.8 Å². The van der Waals surface area contributed by atoms with E-state index in [-0.39, 0.29) is 24.8 Å². The fraction of sp³-hybridized carbons (Fsp3) is 0.533. The lowest BCUT2D eigenvalue weighted by molar-refractivity contribution is -0.132. The second-order valence-corrected chi connectivity index (χ2v) is 5.22. The van der Waals surface area contributed by atoms with Gasteiger partial charge in [0, 0.05) is 19.2 Å². The van der Waals surface area contributed by atoms with Crippen LogP contribution in [0.15, 0.2) is 24.4 Å². The third-order valence-corrected chi connectivity index (χ3v) is 3.23. The first-order valence-corrected chi connectivity index (χ1v) is 7.25. The highest BCUT2D eigenvalue weighted by atomic mass is 16.5. The fourth-order valence-corrected chi connectivity index (χ4v) is 1.73. The first-order valence-electron chi connectivity index (χ1n) is 7.25. The van der Waals surface area contributed by atoms with Crippen LogP contribution in [0.1, 0.15) is 26.2 Å². The van der Waals surface area contributed by atoms with E-state index >= 15 is 0 Å². The summed E-state index contributed by atoms with van der Waals surface area (Å²) in [5.74, 6) is 0.779. The van der Waals surface area contributed by atoms with Gasteiger partial charge in [-0.25, -0.2) is 4.98 Å². The summed E-state index contributed by atoms with van der Waals surface area (Å²) in [6.45, 7) is 2.66. The van der Waals surface area contributed by atoms with Gasteiger partial charge in [-0.05, 0) is 37.8 Å². The molecule has 0 aliphatic heterocycles. The van der Waals surface area contributed by atoms with E-state index in [9.17, 15) is 9.59 Å². The number of anilines is 1. The van der Waals surface area contributed by atoms with Crippen LogP contribution in [0.5, 0.6) is 0 Å². The highest BCUT2D eigenvalue weighted by Gasteiger charge is 2.23. The summed E-state index contributed by atoms with van der Waals surface area (Å²) in [7, 11) is 0. The number of nitrogens with one attached hydrogen (secondary N) is 2. The molecule has 0 radical (unpaired) electrons. The normalized spacial score (nSPS) is 15.3. The largest absolute Gasteiger partial charge is 0.368 e. The number of rotatable bonds is 8. The number of hydrogen-bond acceptors (Lipinski definition) is 4. The maximum Gasteiger partial charge on any atom is 0.248 e. The smallest absolute Gasteiger partial charge is 0.248 e. The van der Waals surface area contributed by atoms with Crippen LogP contribution >= 0.6 is 0 Å². The zero-order chi connectivity index (χ0) is 15.1. The highest BCUT2D eigenvalue weighted by Crippen LogP contribution is 2.29. The molecule has 1 heterocycles. The van der Waals surface area contributed by atoms with Crippen molar-refractivity contribution in [3.63, 3.8) is 0 Å². The average Bonchev–Trinajstić information content (AvgIpc) is 3.29. The molecule has 0 aromatic carbocycles. The second kappa shape index (κ2) is 7.73. The molecule has 2 N–H and O–H groups in total. The van der Waals surface area contributed by atoms with E-state index in [1.54, 1.807) is 31.3 Å². The second-order valence-electron chi connectivity index (χ2n) is 5.22. The third-order valence-electron chi connectivity index (χ3n) is 3.23. The molecule has 2 amide bonds. The average molecular weight is 291 g/mol. The number of carbonyl (C=O) groups excluding carboxylic acids is 2. The molecular formula is C15H21N3O3. The van der Waals surface area contributed by atoms with Crippen LogP contribution in [0, 0.1) is 5.92 Å². The quantitative estimate of drug-likeness (QED) is 0.757. The molecule has 0 unspecified atom stereocenters. The van der Waals surface area contributed by atoms with Crippen LogP contribution in [-0.4, -0.2) is 36.1 Å². The molecular weight excluding hydrogens is 270 g/mol. The Morgan fingerprint density at radius 3 is 2.90 bits per heavy atom. The van der Waals surface area contributed by atoms with Crippen molar-refractivity contribution in [1.29, 1.82) is 0 Å². The van der Waals surface area contributed by atoms with Crippen molar-refractivity contribution in [2.45, 2.75) is 32.3 Å². The maximum atomic E-state index is 11.7. The number of pyridine rings is 1. The van der Waals surface area contributed by atoms with Crippen LogP contribution in [0.2, 0.25) is 0 Å². The van der Waals surface area contributed by atoms with Crippen molar-refractivity contribution in [2.75, 3.05) is 18.5 Å². The minimum absolute atomic E-state index is 0.179. The van der Waals surface area contributed by atoms with Crippen LogP contribution in [0.3, 0.4) is 0 Å². The summed E-state index contributed by atoms with van der Waals surface area (Å²) >= 11 is 0. The van der Waals surface area contributed by atoms with Crippen molar-refractivity contribution in [3.8, 4) is 0 Å². The Morgan fingerprint density at radius 1 is 1.43 bits per heavy atom. The van der Waals surface area contributed by atoms with Crippen molar-refractivity contribution < 1.29 is 14.3 Å². The van der Waals surface area contributed by atoms with Gasteiger partial charge in [-0.2, -0.15) is 0 Å². The van der Waals surface area contributed by atoms with Crippen molar-refractivity contribution in [2.24, 2.45) is 5.92 Å². The van der Waals surface area contributed by atoms with Gasteiger partial charge >= 0.3 is 0 Å². The van der Waals surface area contributed by atoms with E-state index in [0.29, 0.717) is 18.3 Å². The zero-order valence-corrected chi connectivity index (χ0v) is 12.2. The number of aromatic nitrogens is 1. The topological polar surface area (TPSA) is 80.3 Å². The standard InChI is InChI=1S/C15H21N3O3/c1-11(21-10-12-5-6-12)15(20)17-9-7-14(19)18-13-4-2-3-8-16-13/h2-4,8,11-12H,5-7,9-10H2,1H3,(H,17,20)(H,16,18,19)/t11-/m1/s1. The first kappa shape index (κ1) is 15.4. The molecule has 21 heavy (non-hydrogen) atoms. The van der Waals surface area contributed by atoms with Gasteiger partial charge in [0.15, 0.2) is 0 Å². The Bertz CT molecular complexity index is 474. The van der Waals surface area contributed by atoms with E-state index < -0.39 is 6.10 Å². The predicted molar refractivity (Wildman–Crippen MR) is 78.6 cm³/mol. The van der Waals surface area contributed by atoms with Crippen LogP contribution in [0.25, 0.3) is 0 Å². The Labute approximate surface area is 124 Å². The fourth-order valence-electron chi connectivity index (χ4n) is 1.73. The summed E-state index contributed by atoms with van der Waals surface area (Å²) in [6, 6.07) is 5.28. The molecule has 1 aromatic heterocycles. The maximum absolute atomic E-state index is 11.7. The number of amides is 2. The summed E-state index contributed by atoms with van der Waals surface area (Å²) in [6.07, 6.45) is 3.74. The molecule has 0 bridgehead atoms. The SMILES string of the molecule is C[C@@H](OCC1CC1)C(=O)NCCC(=O)Nc1ccccn1. The third kappa shape index (κ3) is 5.91. The minimum atomic E-state index is -0.468.